The van der Waals surface area contributed by atoms with Gasteiger partial charge in [0.05, 0.1) is 12.8 Å². The lowest BCUT2D eigenvalue weighted by Gasteiger charge is -2.16. The third kappa shape index (κ3) is 4.23. The fraction of sp³-hybridized carbons (Fsp3) is 0.273. The normalized spacial score (nSPS) is 16.8. The van der Waals surface area contributed by atoms with Crippen molar-refractivity contribution in [3.8, 4) is 17.0 Å². The Kier molecular flexibility index (Phi) is 5.39. The molecule has 0 unspecified atom stereocenters. The molecule has 1 aliphatic rings. The Hall–Kier alpha value is -3.12. The summed E-state index contributed by atoms with van der Waals surface area (Å²) >= 11 is 0. The van der Waals surface area contributed by atoms with E-state index < -0.39 is 0 Å². The second-order valence-corrected chi connectivity index (χ2v) is 7.08. The third-order valence-electron chi connectivity index (χ3n) is 5.06. The van der Waals surface area contributed by atoms with Crippen LogP contribution in [0.4, 0.5) is 0 Å². The number of aromatic nitrogens is 2. The maximum absolute atomic E-state index is 12.6. The van der Waals surface area contributed by atoms with Gasteiger partial charge < -0.3 is 10.1 Å². The molecule has 2 N–H and O–H groups in total. The highest BCUT2D eigenvalue weighted by Crippen LogP contribution is 2.21. The van der Waals surface area contributed by atoms with Gasteiger partial charge in [-0.25, -0.2) is 0 Å². The number of carbonyl (C=O) groups is 1. The van der Waals surface area contributed by atoms with E-state index in [1.807, 2.05) is 30.3 Å². The predicted molar refractivity (Wildman–Crippen MR) is 108 cm³/mol. The fourth-order valence-corrected chi connectivity index (χ4v) is 3.55. The van der Waals surface area contributed by atoms with Gasteiger partial charge in [-0.15, -0.1) is 0 Å². The van der Waals surface area contributed by atoms with Crippen LogP contribution in [0.15, 0.2) is 60.7 Å². The summed E-state index contributed by atoms with van der Waals surface area (Å²) in [5, 5.41) is 10.2. The summed E-state index contributed by atoms with van der Waals surface area (Å²) in [6.45, 7) is 2.76. The molecule has 0 spiro atoms. The molecule has 0 aliphatic carbocycles. The Labute approximate surface area is 164 Å². The van der Waals surface area contributed by atoms with Gasteiger partial charge in [0.25, 0.3) is 5.91 Å². The molecular formula is C22H24N4O2. The molecule has 1 fully saturated rings. The minimum Gasteiger partial charge on any atom is -0.497 e. The lowest BCUT2D eigenvalue weighted by Crippen LogP contribution is -2.37. The van der Waals surface area contributed by atoms with Crippen LogP contribution in [0.2, 0.25) is 0 Å². The van der Waals surface area contributed by atoms with Crippen molar-refractivity contribution in [3.63, 3.8) is 0 Å². The molecule has 0 bridgehead atoms. The monoisotopic (exact) mass is 376 g/mol. The quantitative estimate of drug-likeness (QED) is 0.694. The molecule has 1 aliphatic heterocycles. The molecular weight excluding hydrogens is 352 g/mol. The van der Waals surface area contributed by atoms with Crippen molar-refractivity contribution in [1.29, 1.82) is 0 Å². The number of hydrogen-bond acceptors (Lipinski definition) is 4. The maximum atomic E-state index is 12.6. The number of methoxy groups -OCH3 is 1. The first kappa shape index (κ1) is 18.3. The molecule has 1 aromatic heterocycles. The summed E-state index contributed by atoms with van der Waals surface area (Å²) in [4.78, 5) is 15.0. The van der Waals surface area contributed by atoms with Gasteiger partial charge in [-0.2, -0.15) is 5.10 Å². The predicted octanol–water partition coefficient (Wildman–Crippen LogP) is 3.09. The highest BCUT2D eigenvalue weighted by molar-refractivity contribution is 5.93. The Balaban J connectivity index is 1.33. The number of rotatable bonds is 6. The van der Waals surface area contributed by atoms with Crippen LogP contribution in [0.25, 0.3) is 11.3 Å². The Morgan fingerprint density at radius 3 is 2.75 bits per heavy atom. The lowest BCUT2D eigenvalue weighted by atomic mass is 10.1. The molecule has 0 radical (unpaired) electrons. The van der Waals surface area contributed by atoms with Gasteiger partial charge in [0.2, 0.25) is 0 Å². The summed E-state index contributed by atoms with van der Waals surface area (Å²) in [5.41, 5.74) is 3.45. The molecule has 2 heterocycles. The molecule has 3 aromatic rings. The van der Waals surface area contributed by atoms with E-state index in [0.29, 0.717) is 5.69 Å². The smallest absolute Gasteiger partial charge is 0.269 e. The van der Waals surface area contributed by atoms with Crippen LogP contribution < -0.4 is 10.1 Å². The van der Waals surface area contributed by atoms with E-state index in [-0.39, 0.29) is 11.9 Å². The summed E-state index contributed by atoms with van der Waals surface area (Å²) in [5.74, 6) is 0.678. The van der Waals surface area contributed by atoms with E-state index in [9.17, 15) is 4.79 Å². The number of nitrogens with one attached hydrogen (secondary N) is 2. The van der Waals surface area contributed by atoms with E-state index in [1.165, 1.54) is 5.56 Å². The topological polar surface area (TPSA) is 70.2 Å². The molecule has 1 saturated heterocycles. The largest absolute Gasteiger partial charge is 0.497 e. The van der Waals surface area contributed by atoms with Crippen LogP contribution in [-0.2, 0) is 6.54 Å². The molecule has 28 heavy (non-hydrogen) atoms. The van der Waals surface area contributed by atoms with Gasteiger partial charge in [-0.1, -0.05) is 30.3 Å². The van der Waals surface area contributed by atoms with E-state index >= 15 is 0 Å². The standard InChI is InChI=1S/C22H24N4O2/c1-28-19-9-7-17(8-10-19)20-13-21(25-24-20)22(27)23-18-11-12-26(15-18)14-16-5-3-2-4-6-16/h2-10,13,18H,11-12,14-15H2,1H3,(H,23,27)(H,24,25)/t18-/m1/s1. The highest BCUT2D eigenvalue weighted by atomic mass is 16.5. The molecule has 6 heteroatoms. The van der Waals surface area contributed by atoms with Crippen LogP contribution in [0.5, 0.6) is 5.75 Å². The first-order valence-electron chi connectivity index (χ1n) is 9.48. The summed E-state index contributed by atoms with van der Waals surface area (Å²) in [7, 11) is 1.63. The van der Waals surface area contributed by atoms with E-state index in [2.05, 4.69) is 44.7 Å². The molecule has 1 amide bonds. The summed E-state index contributed by atoms with van der Waals surface area (Å²) < 4.78 is 5.17. The Morgan fingerprint density at radius 1 is 1.21 bits per heavy atom. The fourth-order valence-electron chi connectivity index (χ4n) is 3.55. The number of H-pyrrole nitrogens is 1. The second kappa shape index (κ2) is 8.27. The van der Waals surface area contributed by atoms with Gasteiger partial charge in [0, 0.05) is 31.2 Å². The highest BCUT2D eigenvalue weighted by Gasteiger charge is 2.24. The van der Waals surface area contributed by atoms with E-state index in [1.54, 1.807) is 13.2 Å². The number of aromatic amines is 1. The first-order chi connectivity index (χ1) is 13.7. The number of benzene rings is 2. The zero-order valence-corrected chi connectivity index (χ0v) is 15.9. The number of hydrogen-bond donors (Lipinski definition) is 2. The van der Waals surface area contributed by atoms with Crippen LogP contribution in [0, 0.1) is 0 Å². The van der Waals surface area contributed by atoms with Crippen molar-refractivity contribution < 1.29 is 9.53 Å². The minimum absolute atomic E-state index is 0.112. The van der Waals surface area contributed by atoms with Crippen LogP contribution in [-0.4, -0.2) is 47.2 Å². The average molecular weight is 376 g/mol. The Bertz CT molecular complexity index is 921. The van der Waals surface area contributed by atoms with Crippen LogP contribution >= 0.6 is 0 Å². The summed E-state index contributed by atoms with van der Waals surface area (Å²) in [6, 6.07) is 20.0. The van der Waals surface area contributed by atoms with Gasteiger partial charge in [-0.05, 0) is 42.3 Å². The van der Waals surface area contributed by atoms with Gasteiger partial charge in [0.15, 0.2) is 0 Å². The number of carbonyl (C=O) groups excluding carboxylic acids is 1. The van der Waals surface area contributed by atoms with Crippen LogP contribution in [0.3, 0.4) is 0 Å². The third-order valence-corrected chi connectivity index (χ3v) is 5.06. The van der Waals surface area contributed by atoms with Gasteiger partial charge >= 0.3 is 0 Å². The van der Waals surface area contributed by atoms with Gasteiger partial charge in [0.1, 0.15) is 11.4 Å². The molecule has 144 valence electrons. The molecule has 4 rings (SSSR count). The average Bonchev–Trinajstić information content (AvgIpc) is 3.39. The van der Waals surface area contributed by atoms with Gasteiger partial charge in [-0.3, -0.25) is 14.8 Å². The first-order valence-corrected chi connectivity index (χ1v) is 9.48. The van der Waals surface area contributed by atoms with Crippen LogP contribution in [0.1, 0.15) is 22.5 Å². The van der Waals surface area contributed by atoms with Crippen molar-refractivity contribution in [2.24, 2.45) is 0 Å². The van der Waals surface area contributed by atoms with Crippen molar-refractivity contribution in [2.75, 3.05) is 20.2 Å². The molecule has 0 saturated carbocycles. The maximum Gasteiger partial charge on any atom is 0.269 e. The lowest BCUT2D eigenvalue weighted by molar-refractivity contribution is 0.0932. The number of ether oxygens (including phenoxy) is 1. The van der Waals surface area contributed by atoms with E-state index in [0.717, 1.165) is 43.1 Å². The minimum atomic E-state index is -0.112. The Morgan fingerprint density at radius 2 is 2.00 bits per heavy atom. The van der Waals surface area contributed by atoms with Crippen molar-refractivity contribution in [2.45, 2.75) is 19.0 Å². The second-order valence-electron chi connectivity index (χ2n) is 7.08. The SMILES string of the molecule is COc1ccc(-c2cc(C(=O)N[C@@H]3CCN(Cc4ccccc4)C3)[nH]n2)cc1. The number of nitrogens with zero attached hydrogens (tertiary/aromatic N) is 2. The molecule has 1 atom stereocenters. The van der Waals surface area contributed by atoms with Crippen molar-refractivity contribution >= 4 is 5.91 Å². The molecule has 6 nitrogen and oxygen atoms in total. The number of likely N-dealkylation sites (tertiary alicyclic amines) is 1. The molecule has 2 aromatic carbocycles. The zero-order chi connectivity index (χ0) is 19.3. The summed E-state index contributed by atoms with van der Waals surface area (Å²) in [6.07, 6.45) is 0.956. The van der Waals surface area contributed by atoms with Crippen molar-refractivity contribution in [1.82, 2.24) is 20.4 Å². The zero-order valence-electron chi connectivity index (χ0n) is 15.9. The number of amides is 1. The van der Waals surface area contributed by atoms with Crippen molar-refractivity contribution in [3.05, 3.63) is 71.9 Å². The van der Waals surface area contributed by atoms with E-state index in [4.69, 9.17) is 4.74 Å².